The van der Waals surface area contributed by atoms with Crippen LogP contribution in [0.25, 0.3) is 0 Å². The molecule has 0 fully saturated rings. The largest absolute Gasteiger partial charge is 0.389 e. The normalized spacial score (nSPS) is 12.6. The van der Waals surface area contributed by atoms with Crippen molar-refractivity contribution in [2.24, 2.45) is 0 Å². The fourth-order valence-electron chi connectivity index (χ4n) is 2.30. The van der Waals surface area contributed by atoms with E-state index in [0.717, 1.165) is 11.1 Å². The number of aliphatic hydroxyl groups excluding tert-OH is 1. The number of likely N-dealkylation sites (N-methyl/N-ethyl adjacent to an activating group) is 1. The van der Waals surface area contributed by atoms with Crippen LogP contribution in [0.1, 0.15) is 11.1 Å². The standard InChI is InChI=1S/C18H21ClFNO2/c1-21(10-14-6-8-16(20)9-7-14)11-17(22)13-23-12-15-4-2-3-5-18(15)19/h2-9,17,22H,10-13H2,1H3/t17-/m0/s1. The zero-order valence-electron chi connectivity index (χ0n) is 13.1. The van der Waals surface area contributed by atoms with Crippen molar-refractivity contribution >= 4 is 11.6 Å². The smallest absolute Gasteiger partial charge is 0.123 e. The molecule has 1 atom stereocenters. The monoisotopic (exact) mass is 337 g/mol. The molecular formula is C18H21ClFNO2. The second-order valence-electron chi connectivity index (χ2n) is 5.58. The summed E-state index contributed by atoms with van der Waals surface area (Å²) in [5.41, 5.74) is 1.90. The van der Waals surface area contributed by atoms with Gasteiger partial charge >= 0.3 is 0 Å². The van der Waals surface area contributed by atoms with Gasteiger partial charge in [-0.05, 0) is 36.4 Å². The van der Waals surface area contributed by atoms with E-state index < -0.39 is 6.10 Å². The molecule has 0 aliphatic carbocycles. The average molecular weight is 338 g/mol. The number of halogens is 2. The number of hydrogen-bond acceptors (Lipinski definition) is 3. The Kier molecular flexibility index (Phi) is 6.99. The molecule has 3 nitrogen and oxygen atoms in total. The summed E-state index contributed by atoms with van der Waals surface area (Å²) < 4.78 is 18.4. The second-order valence-corrected chi connectivity index (χ2v) is 5.99. The van der Waals surface area contributed by atoms with E-state index in [4.69, 9.17) is 16.3 Å². The average Bonchev–Trinajstić information content (AvgIpc) is 2.51. The van der Waals surface area contributed by atoms with Gasteiger partial charge in [0.1, 0.15) is 5.82 Å². The van der Waals surface area contributed by atoms with Crippen LogP contribution in [0.4, 0.5) is 4.39 Å². The first-order chi connectivity index (χ1) is 11.0. The molecule has 0 saturated heterocycles. The summed E-state index contributed by atoms with van der Waals surface area (Å²) in [5, 5.41) is 10.7. The molecule has 124 valence electrons. The number of aliphatic hydroxyl groups is 1. The second kappa shape index (κ2) is 8.99. The summed E-state index contributed by atoms with van der Waals surface area (Å²) in [4.78, 5) is 1.97. The molecule has 0 aliphatic heterocycles. The highest BCUT2D eigenvalue weighted by atomic mass is 35.5. The molecule has 23 heavy (non-hydrogen) atoms. The van der Waals surface area contributed by atoms with E-state index in [0.29, 0.717) is 24.7 Å². The van der Waals surface area contributed by atoms with Crippen LogP contribution in [0.5, 0.6) is 0 Å². The van der Waals surface area contributed by atoms with Crippen LogP contribution in [0.2, 0.25) is 5.02 Å². The van der Waals surface area contributed by atoms with E-state index >= 15 is 0 Å². The Labute approximate surface area is 141 Å². The van der Waals surface area contributed by atoms with Crippen LogP contribution in [0, 0.1) is 5.82 Å². The van der Waals surface area contributed by atoms with Gasteiger partial charge < -0.3 is 9.84 Å². The topological polar surface area (TPSA) is 32.7 Å². The van der Waals surface area contributed by atoms with Crippen molar-refractivity contribution in [3.63, 3.8) is 0 Å². The number of hydrogen-bond donors (Lipinski definition) is 1. The highest BCUT2D eigenvalue weighted by molar-refractivity contribution is 6.31. The molecule has 0 bridgehead atoms. The first-order valence-corrected chi connectivity index (χ1v) is 7.84. The summed E-state index contributed by atoms with van der Waals surface area (Å²) in [5.74, 6) is -0.246. The van der Waals surface area contributed by atoms with Gasteiger partial charge in [-0.1, -0.05) is 41.9 Å². The zero-order chi connectivity index (χ0) is 16.7. The molecule has 2 rings (SSSR count). The Hall–Kier alpha value is -1.46. The number of ether oxygens (including phenoxy) is 1. The van der Waals surface area contributed by atoms with E-state index in [-0.39, 0.29) is 12.4 Å². The van der Waals surface area contributed by atoms with Crippen molar-refractivity contribution in [3.8, 4) is 0 Å². The number of nitrogens with zero attached hydrogens (tertiary/aromatic N) is 1. The maximum absolute atomic E-state index is 12.9. The van der Waals surface area contributed by atoms with E-state index in [9.17, 15) is 9.50 Å². The van der Waals surface area contributed by atoms with Gasteiger partial charge in [-0.25, -0.2) is 4.39 Å². The van der Waals surface area contributed by atoms with Crippen molar-refractivity contribution < 1.29 is 14.2 Å². The molecule has 0 aliphatic rings. The van der Waals surface area contributed by atoms with Crippen molar-refractivity contribution in [3.05, 3.63) is 70.5 Å². The van der Waals surface area contributed by atoms with Crippen LogP contribution in [-0.2, 0) is 17.9 Å². The minimum atomic E-state index is -0.595. The molecule has 0 spiro atoms. The maximum Gasteiger partial charge on any atom is 0.123 e. The van der Waals surface area contributed by atoms with Gasteiger partial charge in [0.25, 0.3) is 0 Å². The van der Waals surface area contributed by atoms with Crippen LogP contribution in [0.3, 0.4) is 0 Å². The molecular weight excluding hydrogens is 317 g/mol. The number of benzene rings is 2. The van der Waals surface area contributed by atoms with Gasteiger partial charge in [0.2, 0.25) is 0 Å². The first-order valence-electron chi connectivity index (χ1n) is 7.47. The molecule has 0 heterocycles. The summed E-state index contributed by atoms with van der Waals surface area (Å²) in [6, 6.07) is 13.8. The summed E-state index contributed by atoms with van der Waals surface area (Å²) in [7, 11) is 1.90. The van der Waals surface area contributed by atoms with E-state index in [1.165, 1.54) is 12.1 Å². The van der Waals surface area contributed by atoms with Crippen molar-refractivity contribution in [1.82, 2.24) is 4.90 Å². The van der Waals surface area contributed by atoms with E-state index in [1.54, 1.807) is 12.1 Å². The summed E-state index contributed by atoms with van der Waals surface area (Å²) >= 11 is 6.05. The predicted octanol–water partition coefficient (Wildman–Crippen LogP) is 3.49. The fourth-order valence-corrected chi connectivity index (χ4v) is 2.49. The molecule has 0 radical (unpaired) electrons. The maximum atomic E-state index is 12.9. The molecule has 1 N–H and O–H groups in total. The lowest BCUT2D eigenvalue weighted by atomic mass is 10.2. The van der Waals surface area contributed by atoms with Crippen LogP contribution in [0.15, 0.2) is 48.5 Å². The first kappa shape index (κ1) is 17.9. The summed E-state index contributed by atoms with van der Waals surface area (Å²) in [6.07, 6.45) is -0.595. The Morgan fingerprint density at radius 2 is 1.87 bits per heavy atom. The fraction of sp³-hybridized carbons (Fsp3) is 0.333. The minimum absolute atomic E-state index is 0.235. The van der Waals surface area contributed by atoms with Crippen LogP contribution in [-0.4, -0.2) is 36.3 Å². The molecule has 5 heteroatoms. The van der Waals surface area contributed by atoms with Gasteiger partial charge in [0.15, 0.2) is 0 Å². The van der Waals surface area contributed by atoms with Gasteiger partial charge in [-0.15, -0.1) is 0 Å². The Bertz CT molecular complexity index is 606. The van der Waals surface area contributed by atoms with Crippen molar-refractivity contribution in [1.29, 1.82) is 0 Å². The molecule has 0 aromatic heterocycles. The molecule has 2 aromatic rings. The third kappa shape index (κ3) is 6.28. The third-order valence-electron chi connectivity index (χ3n) is 3.41. The summed E-state index contributed by atoms with van der Waals surface area (Å²) in [6.45, 7) is 1.72. The quantitative estimate of drug-likeness (QED) is 0.800. The van der Waals surface area contributed by atoms with Gasteiger partial charge in [0.05, 0.1) is 19.3 Å². The number of rotatable bonds is 8. The van der Waals surface area contributed by atoms with Crippen LogP contribution >= 0.6 is 11.6 Å². The molecule has 0 saturated carbocycles. The zero-order valence-corrected chi connectivity index (χ0v) is 13.8. The van der Waals surface area contributed by atoms with Gasteiger partial charge in [0, 0.05) is 18.1 Å². The Balaban J connectivity index is 1.70. The molecule has 2 aromatic carbocycles. The lowest BCUT2D eigenvalue weighted by molar-refractivity contribution is 0.0127. The molecule has 0 amide bonds. The van der Waals surface area contributed by atoms with Crippen LogP contribution < -0.4 is 0 Å². The van der Waals surface area contributed by atoms with Crippen molar-refractivity contribution in [2.45, 2.75) is 19.3 Å². The highest BCUT2D eigenvalue weighted by Crippen LogP contribution is 2.15. The predicted molar refractivity (Wildman–Crippen MR) is 89.8 cm³/mol. The minimum Gasteiger partial charge on any atom is -0.389 e. The van der Waals surface area contributed by atoms with Gasteiger partial charge in [-0.2, -0.15) is 0 Å². The van der Waals surface area contributed by atoms with E-state index in [2.05, 4.69) is 0 Å². The Morgan fingerprint density at radius 1 is 1.17 bits per heavy atom. The highest BCUT2D eigenvalue weighted by Gasteiger charge is 2.10. The van der Waals surface area contributed by atoms with E-state index in [1.807, 2.05) is 36.2 Å². The molecule has 0 unspecified atom stereocenters. The Morgan fingerprint density at radius 3 is 2.57 bits per heavy atom. The lowest BCUT2D eigenvalue weighted by Crippen LogP contribution is -2.31. The SMILES string of the molecule is CN(Cc1ccc(F)cc1)C[C@H](O)COCc1ccccc1Cl. The lowest BCUT2D eigenvalue weighted by Gasteiger charge is -2.20. The third-order valence-corrected chi connectivity index (χ3v) is 3.78. The van der Waals surface area contributed by atoms with Crippen molar-refractivity contribution in [2.75, 3.05) is 20.2 Å². The van der Waals surface area contributed by atoms with Gasteiger partial charge in [-0.3, -0.25) is 4.90 Å².